The van der Waals surface area contributed by atoms with Crippen molar-refractivity contribution < 1.29 is 0 Å². The molecule has 84 valence electrons. The molecule has 0 fully saturated rings. The Kier molecular flexibility index (Phi) is 3.56. The molecule has 2 heterocycles. The van der Waals surface area contributed by atoms with Gasteiger partial charge in [-0.15, -0.1) is 11.3 Å². The van der Waals surface area contributed by atoms with Gasteiger partial charge in [0.25, 0.3) is 0 Å². The Balaban J connectivity index is 2.18. The molecule has 0 aliphatic rings. The van der Waals surface area contributed by atoms with Crippen molar-refractivity contribution in [2.24, 2.45) is 0 Å². The fourth-order valence-electron chi connectivity index (χ4n) is 1.20. The highest BCUT2D eigenvalue weighted by atomic mass is 79.9. The first-order valence-corrected chi connectivity index (χ1v) is 6.66. The average Bonchev–Trinajstić information content (AvgIpc) is 2.70. The first-order chi connectivity index (χ1) is 7.66. The van der Waals surface area contributed by atoms with Crippen LogP contribution in [0.1, 0.15) is 25.5 Å². The first-order valence-electron chi connectivity index (χ1n) is 4.99. The van der Waals surface area contributed by atoms with Gasteiger partial charge in [-0.25, -0.2) is 4.98 Å². The van der Waals surface area contributed by atoms with E-state index in [0.29, 0.717) is 5.92 Å². The highest BCUT2D eigenvalue weighted by Gasteiger charge is 2.06. The molecule has 2 aromatic rings. The standard InChI is InChI=1S/C11H12BrN3S/c1-7(2)10-6-16-11(15-10)14-9-3-4-13-5-8(9)12/h3-7H,1-2H3,(H,13,14,15). The summed E-state index contributed by atoms with van der Waals surface area (Å²) in [5, 5.41) is 6.27. The molecule has 0 amide bonds. The molecule has 0 bridgehead atoms. The third-order valence-corrected chi connectivity index (χ3v) is 3.54. The zero-order valence-electron chi connectivity index (χ0n) is 9.07. The van der Waals surface area contributed by atoms with Crippen LogP contribution in [0.3, 0.4) is 0 Å². The molecule has 0 saturated heterocycles. The highest BCUT2D eigenvalue weighted by Crippen LogP contribution is 2.28. The van der Waals surface area contributed by atoms with E-state index in [2.05, 4.69) is 50.4 Å². The summed E-state index contributed by atoms with van der Waals surface area (Å²) in [6, 6.07) is 1.92. The van der Waals surface area contributed by atoms with Crippen LogP contribution in [-0.4, -0.2) is 9.97 Å². The number of nitrogens with one attached hydrogen (secondary N) is 1. The van der Waals surface area contributed by atoms with Crippen molar-refractivity contribution in [2.75, 3.05) is 5.32 Å². The van der Waals surface area contributed by atoms with Crippen molar-refractivity contribution >= 4 is 38.1 Å². The van der Waals surface area contributed by atoms with Crippen molar-refractivity contribution in [1.82, 2.24) is 9.97 Å². The Morgan fingerprint density at radius 3 is 2.88 bits per heavy atom. The predicted octanol–water partition coefficient (Wildman–Crippen LogP) is 4.17. The van der Waals surface area contributed by atoms with Crippen LogP contribution in [0.2, 0.25) is 0 Å². The average molecular weight is 298 g/mol. The lowest BCUT2D eigenvalue weighted by atomic mass is 10.2. The second-order valence-electron chi connectivity index (χ2n) is 3.71. The minimum atomic E-state index is 0.465. The number of hydrogen-bond donors (Lipinski definition) is 1. The van der Waals surface area contributed by atoms with Gasteiger partial charge in [0, 0.05) is 17.8 Å². The zero-order chi connectivity index (χ0) is 11.5. The number of hydrogen-bond acceptors (Lipinski definition) is 4. The topological polar surface area (TPSA) is 37.8 Å². The minimum Gasteiger partial charge on any atom is -0.330 e. The molecular formula is C11H12BrN3S. The quantitative estimate of drug-likeness (QED) is 0.924. The summed E-state index contributed by atoms with van der Waals surface area (Å²) < 4.78 is 0.941. The number of anilines is 2. The Bertz CT molecular complexity index is 482. The van der Waals surface area contributed by atoms with Gasteiger partial charge in [-0.3, -0.25) is 4.98 Å². The van der Waals surface area contributed by atoms with Crippen molar-refractivity contribution in [1.29, 1.82) is 0 Å². The van der Waals surface area contributed by atoms with E-state index in [-0.39, 0.29) is 0 Å². The van der Waals surface area contributed by atoms with Gasteiger partial charge in [0.1, 0.15) is 0 Å². The van der Waals surface area contributed by atoms with Crippen molar-refractivity contribution in [3.8, 4) is 0 Å². The first kappa shape index (κ1) is 11.5. The lowest BCUT2D eigenvalue weighted by molar-refractivity contribution is 0.834. The lowest BCUT2D eigenvalue weighted by Crippen LogP contribution is -1.93. The summed E-state index contributed by atoms with van der Waals surface area (Å²) in [5.74, 6) is 0.465. The summed E-state index contributed by atoms with van der Waals surface area (Å²) in [5.41, 5.74) is 2.11. The molecule has 2 rings (SSSR count). The van der Waals surface area contributed by atoms with Crippen LogP contribution < -0.4 is 5.32 Å². The maximum absolute atomic E-state index is 4.51. The van der Waals surface area contributed by atoms with Crippen LogP contribution in [0, 0.1) is 0 Å². The van der Waals surface area contributed by atoms with Crippen molar-refractivity contribution in [2.45, 2.75) is 19.8 Å². The smallest absolute Gasteiger partial charge is 0.187 e. The van der Waals surface area contributed by atoms with E-state index in [1.807, 2.05) is 6.07 Å². The summed E-state index contributed by atoms with van der Waals surface area (Å²) in [7, 11) is 0. The zero-order valence-corrected chi connectivity index (χ0v) is 11.5. The molecule has 0 aromatic carbocycles. The maximum Gasteiger partial charge on any atom is 0.187 e. The SMILES string of the molecule is CC(C)c1csc(Nc2ccncc2Br)n1. The highest BCUT2D eigenvalue weighted by molar-refractivity contribution is 9.10. The van der Waals surface area contributed by atoms with Crippen molar-refractivity contribution in [3.05, 3.63) is 34.0 Å². The molecule has 16 heavy (non-hydrogen) atoms. The van der Waals surface area contributed by atoms with E-state index in [1.165, 1.54) is 0 Å². The van der Waals surface area contributed by atoms with E-state index in [4.69, 9.17) is 0 Å². The monoisotopic (exact) mass is 297 g/mol. The van der Waals surface area contributed by atoms with Gasteiger partial charge in [0.15, 0.2) is 5.13 Å². The molecule has 0 spiro atoms. The molecule has 3 nitrogen and oxygen atoms in total. The largest absolute Gasteiger partial charge is 0.330 e. The van der Waals surface area contributed by atoms with Crippen LogP contribution in [0.5, 0.6) is 0 Å². The molecule has 0 aliphatic heterocycles. The number of thiazole rings is 1. The Morgan fingerprint density at radius 2 is 2.25 bits per heavy atom. The van der Waals surface area contributed by atoms with Gasteiger partial charge < -0.3 is 5.32 Å². The van der Waals surface area contributed by atoms with Gasteiger partial charge in [-0.2, -0.15) is 0 Å². The van der Waals surface area contributed by atoms with Crippen LogP contribution in [0.25, 0.3) is 0 Å². The molecule has 1 N–H and O–H groups in total. The van der Waals surface area contributed by atoms with Gasteiger partial charge in [0.05, 0.1) is 15.9 Å². The van der Waals surface area contributed by atoms with E-state index < -0.39 is 0 Å². The summed E-state index contributed by atoms with van der Waals surface area (Å²) in [6.45, 7) is 4.28. The predicted molar refractivity (Wildman–Crippen MR) is 71.4 cm³/mol. The van der Waals surface area contributed by atoms with E-state index in [9.17, 15) is 0 Å². The van der Waals surface area contributed by atoms with E-state index in [1.54, 1.807) is 23.7 Å². The number of aromatic nitrogens is 2. The molecule has 0 saturated carbocycles. The van der Waals surface area contributed by atoms with E-state index in [0.717, 1.165) is 21.0 Å². The van der Waals surface area contributed by atoms with E-state index >= 15 is 0 Å². The number of rotatable bonds is 3. The van der Waals surface area contributed by atoms with Gasteiger partial charge in [0.2, 0.25) is 0 Å². The van der Waals surface area contributed by atoms with Gasteiger partial charge in [-0.05, 0) is 27.9 Å². The normalized spacial score (nSPS) is 10.8. The fourth-order valence-corrected chi connectivity index (χ4v) is 2.43. The number of nitrogens with zero attached hydrogens (tertiary/aromatic N) is 2. The minimum absolute atomic E-state index is 0.465. The molecule has 0 radical (unpaired) electrons. The maximum atomic E-state index is 4.51. The molecule has 2 aromatic heterocycles. The second kappa shape index (κ2) is 4.93. The molecule has 0 unspecified atom stereocenters. The molecule has 5 heteroatoms. The van der Waals surface area contributed by atoms with Crippen LogP contribution >= 0.6 is 27.3 Å². The van der Waals surface area contributed by atoms with Crippen LogP contribution in [-0.2, 0) is 0 Å². The third kappa shape index (κ3) is 2.59. The summed E-state index contributed by atoms with van der Waals surface area (Å²) in [4.78, 5) is 8.53. The Labute approximate surface area is 107 Å². The lowest BCUT2D eigenvalue weighted by Gasteiger charge is -2.04. The second-order valence-corrected chi connectivity index (χ2v) is 5.43. The Morgan fingerprint density at radius 1 is 1.44 bits per heavy atom. The molecular weight excluding hydrogens is 286 g/mol. The third-order valence-electron chi connectivity index (χ3n) is 2.13. The number of pyridine rings is 1. The van der Waals surface area contributed by atoms with Crippen molar-refractivity contribution in [3.63, 3.8) is 0 Å². The number of halogens is 1. The summed E-state index contributed by atoms with van der Waals surface area (Å²) >= 11 is 5.06. The summed E-state index contributed by atoms with van der Waals surface area (Å²) in [6.07, 6.45) is 3.52. The fraction of sp³-hybridized carbons (Fsp3) is 0.273. The van der Waals surface area contributed by atoms with Crippen LogP contribution in [0.15, 0.2) is 28.3 Å². The van der Waals surface area contributed by atoms with Gasteiger partial charge >= 0.3 is 0 Å². The van der Waals surface area contributed by atoms with Gasteiger partial charge in [-0.1, -0.05) is 13.8 Å². The van der Waals surface area contributed by atoms with Crippen LogP contribution in [0.4, 0.5) is 10.8 Å². The molecule has 0 aliphatic carbocycles. The molecule has 0 atom stereocenters. The Hall–Kier alpha value is -0.940.